The maximum Gasteiger partial charge on any atom is 0.416 e. The highest BCUT2D eigenvalue weighted by Gasteiger charge is 2.57. The molecule has 1 amide bonds. The number of carbonyl (C=O) groups is 2. The number of rotatable bonds is 8. The topological polar surface area (TPSA) is 64.6 Å². The Labute approximate surface area is 243 Å². The van der Waals surface area contributed by atoms with Crippen LogP contribution in [-0.2, 0) is 22.3 Å². The van der Waals surface area contributed by atoms with Gasteiger partial charge in [-0.05, 0) is 99.3 Å². The number of amides is 1. The van der Waals surface area contributed by atoms with Crippen molar-refractivity contribution in [2.24, 2.45) is 23.2 Å². The van der Waals surface area contributed by atoms with Crippen LogP contribution in [0.4, 0.5) is 13.2 Å². The Morgan fingerprint density at radius 2 is 1.52 bits per heavy atom. The third-order valence-electron chi connectivity index (χ3n) is 9.35. The zero-order valence-electron chi connectivity index (χ0n) is 23.9. The number of alkyl halides is 3. The van der Waals surface area contributed by atoms with Gasteiger partial charge in [-0.1, -0.05) is 42.5 Å². The van der Waals surface area contributed by atoms with Gasteiger partial charge in [0.25, 0.3) is 5.91 Å². The molecule has 3 aromatic carbocycles. The molecule has 0 unspecified atom stereocenters. The quantitative estimate of drug-likeness (QED) is 0.278. The molecule has 0 saturated heterocycles. The Bertz CT molecular complexity index is 1450. The molecule has 1 atom stereocenters. The maximum absolute atomic E-state index is 14.0. The van der Waals surface area contributed by atoms with Crippen molar-refractivity contribution >= 4 is 22.6 Å². The lowest BCUT2D eigenvalue weighted by Crippen LogP contribution is -2.60. The average molecular weight is 580 g/mol. The van der Waals surface area contributed by atoms with Crippen LogP contribution in [0.25, 0.3) is 10.8 Å². The van der Waals surface area contributed by atoms with Gasteiger partial charge in [0.2, 0.25) is 0 Å². The van der Waals surface area contributed by atoms with E-state index in [0.717, 1.165) is 36.8 Å². The summed E-state index contributed by atoms with van der Waals surface area (Å²) in [4.78, 5) is 27.6. The number of fused-ring (bicyclic) bond motifs is 1. The molecule has 7 rings (SSSR count). The number of halogens is 3. The monoisotopic (exact) mass is 579 g/mol. The predicted octanol–water partition coefficient (Wildman–Crippen LogP) is 7.70. The minimum atomic E-state index is -4.43. The average Bonchev–Trinajstić information content (AvgIpc) is 2.93. The Hall–Kier alpha value is -3.55. The van der Waals surface area contributed by atoms with Gasteiger partial charge in [-0.25, -0.2) is 4.79 Å². The van der Waals surface area contributed by atoms with E-state index in [1.807, 2.05) is 44.2 Å². The molecule has 42 heavy (non-hydrogen) atoms. The van der Waals surface area contributed by atoms with Crippen LogP contribution in [0, 0.1) is 23.2 Å². The minimum absolute atomic E-state index is 0.0276. The van der Waals surface area contributed by atoms with E-state index in [1.54, 1.807) is 6.07 Å². The second kappa shape index (κ2) is 10.9. The Kier molecular flexibility index (Phi) is 7.44. The third kappa shape index (κ3) is 5.60. The van der Waals surface area contributed by atoms with Crippen molar-refractivity contribution in [2.75, 3.05) is 0 Å². The molecule has 1 N–H and O–H groups in total. The molecule has 0 aromatic heterocycles. The van der Waals surface area contributed by atoms with Crippen LogP contribution in [0.15, 0.2) is 60.7 Å². The summed E-state index contributed by atoms with van der Waals surface area (Å²) >= 11 is 0. The van der Waals surface area contributed by atoms with Crippen molar-refractivity contribution in [3.63, 3.8) is 0 Å². The zero-order valence-corrected chi connectivity index (χ0v) is 23.9. The van der Waals surface area contributed by atoms with Crippen LogP contribution in [-0.4, -0.2) is 24.0 Å². The van der Waals surface area contributed by atoms with Crippen LogP contribution in [0.3, 0.4) is 0 Å². The van der Waals surface area contributed by atoms with Crippen LogP contribution in [0.2, 0.25) is 0 Å². The Morgan fingerprint density at radius 3 is 2.12 bits per heavy atom. The highest BCUT2D eigenvalue weighted by molar-refractivity contribution is 6.05. The van der Waals surface area contributed by atoms with Crippen molar-refractivity contribution in [3.05, 3.63) is 77.4 Å². The van der Waals surface area contributed by atoms with E-state index in [1.165, 1.54) is 31.4 Å². The molecule has 0 heterocycles. The van der Waals surface area contributed by atoms with E-state index in [2.05, 4.69) is 5.32 Å². The normalized spacial score (nSPS) is 25.4. The van der Waals surface area contributed by atoms with Gasteiger partial charge < -0.3 is 14.8 Å². The summed E-state index contributed by atoms with van der Waals surface area (Å²) in [6.07, 6.45) is 1.59. The van der Waals surface area contributed by atoms with Gasteiger partial charge in [-0.15, -0.1) is 0 Å². The first kappa shape index (κ1) is 28.6. The Balaban J connectivity index is 1.31. The van der Waals surface area contributed by atoms with Gasteiger partial charge in [0.15, 0.2) is 0 Å². The molecule has 0 radical (unpaired) electrons. The molecular weight excluding hydrogens is 543 g/mol. The minimum Gasteiger partial charge on any atom is -0.487 e. The summed E-state index contributed by atoms with van der Waals surface area (Å²) < 4.78 is 51.0. The lowest BCUT2D eigenvalue weighted by atomic mass is 9.47. The van der Waals surface area contributed by atoms with E-state index in [0.29, 0.717) is 34.5 Å². The molecule has 8 heteroatoms. The fraction of sp³-hybridized carbons (Fsp3) is 0.471. The zero-order chi connectivity index (χ0) is 29.6. The Morgan fingerprint density at radius 1 is 0.905 bits per heavy atom. The van der Waals surface area contributed by atoms with Crippen molar-refractivity contribution in [1.29, 1.82) is 0 Å². The highest BCUT2D eigenvalue weighted by atomic mass is 19.4. The second-order valence-electron chi connectivity index (χ2n) is 12.8. The van der Waals surface area contributed by atoms with Gasteiger partial charge in [-0.2, -0.15) is 13.2 Å². The van der Waals surface area contributed by atoms with Gasteiger partial charge in [0.1, 0.15) is 18.4 Å². The lowest BCUT2D eigenvalue weighted by molar-refractivity contribution is -0.161. The number of ether oxygens (including phenoxy) is 2. The van der Waals surface area contributed by atoms with Crippen molar-refractivity contribution < 1.29 is 32.2 Å². The third-order valence-corrected chi connectivity index (χ3v) is 9.35. The number of nitrogens with one attached hydrogen (secondary N) is 1. The van der Waals surface area contributed by atoms with Crippen LogP contribution in [0.1, 0.15) is 73.9 Å². The van der Waals surface area contributed by atoms with Gasteiger partial charge in [-0.3, -0.25) is 4.79 Å². The maximum atomic E-state index is 14.0. The first-order valence-electron chi connectivity index (χ1n) is 14.8. The largest absolute Gasteiger partial charge is 0.487 e. The number of benzene rings is 3. The van der Waals surface area contributed by atoms with Crippen LogP contribution < -0.4 is 10.1 Å². The summed E-state index contributed by atoms with van der Waals surface area (Å²) in [5.74, 6) is 1.23. The molecule has 3 aromatic rings. The molecule has 4 bridgehead atoms. The summed E-state index contributed by atoms with van der Waals surface area (Å²) in [6.45, 7) is 3.60. The number of hydrogen-bond acceptors (Lipinski definition) is 4. The lowest BCUT2D eigenvalue weighted by Gasteiger charge is -2.58. The van der Waals surface area contributed by atoms with E-state index in [4.69, 9.17) is 9.47 Å². The molecular formula is C34H36F3NO4. The van der Waals surface area contributed by atoms with E-state index in [-0.39, 0.29) is 23.7 Å². The molecule has 0 aliphatic heterocycles. The van der Waals surface area contributed by atoms with Gasteiger partial charge in [0.05, 0.1) is 17.2 Å². The fourth-order valence-electron chi connectivity index (χ4n) is 8.03. The molecule has 5 nitrogen and oxygen atoms in total. The van der Waals surface area contributed by atoms with Gasteiger partial charge >= 0.3 is 12.1 Å². The smallest absolute Gasteiger partial charge is 0.416 e. The van der Waals surface area contributed by atoms with Crippen molar-refractivity contribution in [1.82, 2.24) is 5.32 Å². The first-order chi connectivity index (χ1) is 20.0. The summed E-state index contributed by atoms with van der Waals surface area (Å²) in [6, 6.07) is 15.0. The van der Waals surface area contributed by atoms with Crippen molar-refractivity contribution in [3.8, 4) is 5.75 Å². The second-order valence-corrected chi connectivity index (χ2v) is 12.8. The molecule has 0 spiro atoms. The number of esters is 1. The molecule has 4 saturated carbocycles. The summed E-state index contributed by atoms with van der Waals surface area (Å²) in [5, 5.41) is 4.66. The predicted molar refractivity (Wildman–Crippen MR) is 153 cm³/mol. The highest BCUT2D eigenvalue weighted by Crippen LogP contribution is 2.61. The molecule has 222 valence electrons. The summed E-state index contributed by atoms with van der Waals surface area (Å²) in [5.41, 5.74) is -0.253. The van der Waals surface area contributed by atoms with Crippen molar-refractivity contribution in [2.45, 2.75) is 77.3 Å². The number of hydrogen-bond donors (Lipinski definition) is 1. The number of carbonyl (C=O) groups excluding carboxylic acids is 2. The molecule has 4 aliphatic rings. The molecule has 4 aliphatic carbocycles. The SMILES string of the molecule is CC(C)OC(=O)[C@@H](NC(=O)c1ccc2ccccc2c1OCc1ccc(C(F)(F)F)cc1)C12CC3CC(CC(C3)C1)C2. The standard InChI is InChI=1S/C34H36F3NO4/c1-20(2)42-32(40)30(33-16-22-13-23(17-33)15-24(14-22)18-33)38-31(39)28-12-9-25-5-3-4-6-27(25)29(28)41-19-21-7-10-26(11-8-21)34(35,36)37/h3-12,20,22-24,30H,13-19H2,1-2H3,(H,38,39)/t22?,23?,24?,30-,33?/m1/s1. The van der Waals surface area contributed by atoms with E-state index >= 15 is 0 Å². The van der Waals surface area contributed by atoms with E-state index in [9.17, 15) is 22.8 Å². The van der Waals surface area contributed by atoms with Gasteiger partial charge in [0, 0.05) is 10.8 Å². The van der Waals surface area contributed by atoms with E-state index < -0.39 is 29.7 Å². The fourth-order valence-corrected chi connectivity index (χ4v) is 8.03. The van der Waals surface area contributed by atoms with Crippen LogP contribution in [0.5, 0.6) is 5.75 Å². The molecule has 4 fully saturated rings. The first-order valence-corrected chi connectivity index (χ1v) is 14.8. The van der Waals surface area contributed by atoms with Crippen LogP contribution >= 0.6 is 0 Å². The summed E-state index contributed by atoms with van der Waals surface area (Å²) in [7, 11) is 0.